The fourth-order valence-corrected chi connectivity index (χ4v) is 3.30. The lowest BCUT2D eigenvalue weighted by atomic mass is 9.98. The van der Waals surface area contributed by atoms with E-state index in [1.165, 1.54) is 44.1 Å². The summed E-state index contributed by atoms with van der Waals surface area (Å²) >= 11 is 0. The maximum absolute atomic E-state index is 11.8. The van der Waals surface area contributed by atoms with Crippen LogP contribution in [0.25, 0.3) is 11.1 Å². The van der Waals surface area contributed by atoms with Gasteiger partial charge in [-0.15, -0.1) is 0 Å². The molecule has 25 heavy (non-hydrogen) atoms. The first-order chi connectivity index (χ1) is 12.2. The van der Waals surface area contributed by atoms with E-state index in [9.17, 15) is 9.59 Å². The highest BCUT2D eigenvalue weighted by Crippen LogP contribution is 2.29. The zero-order valence-electron chi connectivity index (χ0n) is 14.8. The Morgan fingerprint density at radius 1 is 0.800 bits per heavy atom. The summed E-state index contributed by atoms with van der Waals surface area (Å²) in [7, 11) is 0. The third kappa shape index (κ3) is 4.16. The molecular formula is C22H25NO2. The van der Waals surface area contributed by atoms with Crippen molar-refractivity contribution in [1.29, 1.82) is 0 Å². The summed E-state index contributed by atoms with van der Waals surface area (Å²) in [6.07, 6.45) is 8.98. The van der Waals surface area contributed by atoms with E-state index in [1.54, 1.807) is 12.1 Å². The van der Waals surface area contributed by atoms with Crippen LogP contribution in [-0.2, 0) is 11.2 Å². The molecule has 2 aromatic carbocycles. The molecule has 130 valence electrons. The number of hydrogen-bond acceptors (Lipinski definition) is 2. The molecule has 1 amide bonds. The van der Waals surface area contributed by atoms with Gasteiger partial charge in [-0.1, -0.05) is 69.4 Å². The number of unbranched alkanes of at least 4 members (excludes halogenated alkanes) is 5. The number of carbonyl (C=O) groups is 2. The summed E-state index contributed by atoms with van der Waals surface area (Å²) in [5.41, 5.74) is 4.47. The molecule has 0 saturated heterocycles. The lowest BCUT2D eigenvalue weighted by Gasteiger charge is -2.06. The van der Waals surface area contributed by atoms with E-state index in [0.29, 0.717) is 11.3 Å². The second-order valence-corrected chi connectivity index (χ2v) is 6.76. The van der Waals surface area contributed by atoms with Gasteiger partial charge in [0.15, 0.2) is 0 Å². The zero-order chi connectivity index (χ0) is 17.6. The Labute approximate surface area is 149 Å². The first kappa shape index (κ1) is 17.4. The molecule has 0 bridgehead atoms. The van der Waals surface area contributed by atoms with Crippen molar-refractivity contribution in [2.45, 2.75) is 51.9 Å². The molecule has 0 aromatic heterocycles. The normalized spacial score (nSPS) is 13.0. The van der Waals surface area contributed by atoms with Gasteiger partial charge in [0.05, 0.1) is 11.3 Å². The minimum Gasteiger partial charge on any atom is -0.318 e. The van der Waals surface area contributed by atoms with Gasteiger partial charge in [-0.3, -0.25) is 9.59 Å². The number of fused-ring (bicyclic) bond motifs is 1. The SMILES string of the molecule is CCCCCCCCc1ccc(-c2ccc3c(c2)C(=O)C(=O)N3)cc1. The molecule has 3 heteroatoms. The van der Waals surface area contributed by atoms with Crippen LogP contribution in [0.1, 0.15) is 61.4 Å². The average molecular weight is 335 g/mol. The standard InChI is InChI=1S/C22H25NO2/c1-2-3-4-5-6-7-8-16-9-11-17(12-10-16)18-13-14-20-19(15-18)21(24)22(25)23-20/h9-15H,2-8H2,1H3,(H,23,24,25). The van der Waals surface area contributed by atoms with Crippen molar-refractivity contribution in [2.24, 2.45) is 0 Å². The van der Waals surface area contributed by atoms with Crippen LogP contribution in [0.15, 0.2) is 42.5 Å². The summed E-state index contributed by atoms with van der Waals surface area (Å²) in [6.45, 7) is 2.24. The van der Waals surface area contributed by atoms with Crippen molar-refractivity contribution in [3.8, 4) is 11.1 Å². The number of nitrogens with one attached hydrogen (secondary N) is 1. The molecule has 0 saturated carbocycles. The van der Waals surface area contributed by atoms with Gasteiger partial charge in [0.2, 0.25) is 0 Å². The van der Waals surface area contributed by atoms with Gasteiger partial charge in [-0.25, -0.2) is 0 Å². The third-order valence-electron chi connectivity index (χ3n) is 4.82. The predicted molar refractivity (Wildman–Crippen MR) is 102 cm³/mol. The maximum atomic E-state index is 11.8. The van der Waals surface area contributed by atoms with Crippen LogP contribution >= 0.6 is 0 Å². The first-order valence-corrected chi connectivity index (χ1v) is 9.28. The Balaban J connectivity index is 1.60. The van der Waals surface area contributed by atoms with Crippen LogP contribution < -0.4 is 5.32 Å². The van der Waals surface area contributed by atoms with E-state index in [0.717, 1.165) is 17.5 Å². The minimum atomic E-state index is -0.540. The van der Waals surface area contributed by atoms with Crippen molar-refractivity contribution >= 4 is 17.4 Å². The monoisotopic (exact) mass is 335 g/mol. The van der Waals surface area contributed by atoms with Gasteiger partial charge in [0, 0.05) is 0 Å². The highest BCUT2D eigenvalue weighted by Gasteiger charge is 2.27. The van der Waals surface area contributed by atoms with Crippen LogP contribution in [-0.4, -0.2) is 11.7 Å². The van der Waals surface area contributed by atoms with Gasteiger partial charge in [-0.05, 0) is 41.7 Å². The van der Waals surface area contributed by atoms with Crippen LogP contribution in [0.4, 0.5) is 5.69 Å². The van der Waals surface area contributed by atoms with E-state index in [-0.39, 0.29) is 0 Å². The van der Waals surface area contributed by atoms with Crippen LogP contribution in [0.3, 0.4) is 0 Å². The van der Waals surface area contributed by atoms with Crippen molar-refractivity contribution in [3.63, 3.8) is 0 Å². The van der Waals surface area contributed by atoms with Gasteiger partial charge in [-0.2, -0.15) is 0 Å². The molecule has 1 aliphatic rings. The number of rotatable bonds is 8. The lowest BCUT2D eigenvalue weighted by Crippen LogP contribution is -2.12. The van der Waals surface area contributed by atoms with Gasteiger partial charge >= 0.3 is 0 Å². The Hall–Kier alpha value is -2.42. The summed E-state index contributed by atoms with van der Waals surface area (Å²) in [4.78, 5) is 23.3. The summed E-state index contributed by atoms with van der Waals surface area (Å²) in [6, 6.07) is 14.1. The largest absolute Gasteiger partial charge is 0.318 e. The molecule has 1 heterocycles. The van der Waals surface area contributed by atoms with Crippen molar-refractivity contribution < 1.29 is 9.59 Å². The van der Waals surface area contributed by atoms with E-state index < -0.39 is 11.7 Å². The fraction of sp³-hybridized carbons (Fsp3) is 0.364. The Morgan fingerprint density at radius 3 is 2.24 bits per heavy atom. The summed E-state index contributed by atoms with van der Waals surface area (Å²) in [5.74, 6) is -0.988. The lowest BCUT2D eigenvalue weighted by molar-refractivity contribution is -0.112. The number of amides is 1. The smallest absolute Gasteiger partial charge is 0.296 e. The van der Waals surface area contributed by atoms with E-state index >= 15 is 0 Å². The van der Waals surface area contributed by atoms with Gasteiger partial charge in [0.1, 0.15) is 0 Å². The molecule has 3 nitrogen and oxygen atoms in total. The molecule has 0 radical (unpaired) electrons. The van der Waals surface area contributed by atoms with Gasteiger partial charge < -0.3 is 5.32 Å². The van der Waals surface area contributed by atoms with Crippen molar-refractivity contribution in [2.75, 3.05) is 5.32 Å². The fourth-order valence-electron chi connectivity index (χ4n) is 3.30. The number of benzene rings is 2. The second-order valence-electron chi connectivity index (χ2n) is 6.76. The Bertz CT molecular complexity index is 762. The highest BCUT2D eigenvalue weighted by molar-refractivity contribution is 6.51. The Morgan fingerprint density at radius 2 is 1.48 bits per heavy atom. The molecule has 0 atom stereocenters. The number of ketones is 1. The molecule has 1 N–H and O–H groups in total. The zero-order valence-corrected chi connectivity index (χ0v) is 14.8. The number of Topliss-reactive ketones (excluding diaryl/α,β-unsaturated/α-hetero) is 1. The average Bonchev–Trinajstić information content (AvgIpc) is 2.92. The number of anilines is 1. The van der Waals surface area contributed by atoms with Crippen LogP contribution in [0.5, 0.6) is 0 Å². The molecule has 2 aromatic rings. The predicted octanol–water partition coefficient (Wildman–Crippen LogP) is 5.39. The number of carbonyl (C=O) groups excluding carboxylic acids is 2. The van der Waals surface area contributed by atoms with E-state index in [1.807, 2.05) is 6.07 Å². The summed E-state index contributed by atoms with van der Waals surface area (Å²) < 4.78 is 0. The van der Waals surface area contributed by atoms with E-state index in [2.05, 4.69) is 36.5 Å². The Kier molecular flexibility index (Phi) is 5.64. The maximum Gasteiger partial charge on any atom is 0.296 e. The third-order valence-corrected chi connectivity index (χ3v) is 4.82. The van der Waals surface area contributed by atoms with Gasteiger partial charge in [0.25, 0.3) is 11.7 Å². The number of hydrogen-bond donors (Lipinski definition) is 1. The highest BCUT2D eigenvalue weighted by atomic mass is 16.2. The molecule has 3 rings (SSSR count). The van der Waals surface area contributed by atoms with Crippen molar-refractivity contribution in [3.05, 3.63) is 53.6 Å². The van der Waals surface area contributed by atoms with Crippen LogP contribution in [0, 0.1) is 0 Å². The van der Waals surface area contributed by atoms with Crippen molar-refractivity contribution in [1.82, 2.24) is 0 Å². The topological polar surface area (TPSA) is 46.2 Å². The molecule has 0 fully saturated rings. The first-order valence-electron chi connectivity index (χ1n) is 9.28. The molecule has 0 unspecified atom stereocenters. The molecule has 0 spiro atoms. The van der Waals surface area contributed by atoms with Crippen LogP contribution in [0.2, 0.25) is 0 Å². The number of aryl methyl sites for hydroxylation is 1. The minimum absolute atomic E-state index is 0.448. The molecular weight excluding hydrogens is 310 g/mol. The quantitative estimate of drug-likeness (QED) is 0.519. The summed E-state index contributed by atoms with van der Waals surface area (Å²) in [5, 5.41) is 2.59. The second kappa shape index (κ2) is 8.11. The molecule has 1 aliphatic heterocycles. The van der Waals surface area contributed by atoms with E-state index in [4.69, 9.17) is 0 Å². The molecule has 0 aliphatic carbocycles.